The third-order valence-corrected chi connectivity index (χ3v) is 6.15. The van der Waals surface area contributed by atoms with Crippen molar-refractivity contribution in [2.24, 2.45) is 0 Å². The van der Waals surface area contributed by atoms with E-state index in [1.807, 2.05) is 32.1 Å². The maximum atomic E-state index is 13.7. The van der Waals surface area contributed by atoms with Crippen molar-refractivity contribution >= 4 is 35.1 Å². The number of methoxy groups -OCH3 is 1. The van der Waals surface area contributed by atoms with Gasteiger partial charge in [0.2, 0.25) is 0 Å². The van der Waals surface area contributed by atoms with E-state index in [2.05, 4.69) is 4.57 Å². The van der Waals surface area contributed by atoms with Gasteiger partial charge >= 0.3 is 5.97 Å². The minimum Gasteiger partial charge on any atom is -0.462 e. The van der Waals surface area contributed by atoms with E-state index in [1.165, 1.54) is 0 Å². The van der Waals surface area contributed by atoms with Gasteiger partial charge in [0.15, 0.2) is 0 Å². The van der Waals surface area contributed by atoms with Crippen LogP contribution in [0.4, 0.5) is 5.69 Å². The molecule has 0 radical (unpaired) electrons. The van der Waals surface area contributed by atoms with Crippen molar-refractivity contribution in [2.45, 2.75) is 27.3 Å². The number of carbonyl (C=O) groups is 3. The first-order valence-electron chi connectivity index (χ1n) is 11.5. The van der Waals surface area contributed by atoms with Crippen LogP contribution in [0.2, 0.25) is 0 Å². The lowest BCUT2D eigenvalue weighted by Crippen LogP contribution is -2.41. The van der Waals surface area contributed by atoms with Gasteiger partial charge in [0.25, 0.3) is 11.8 Å². The van der Waals surface area contributed by atoms with Gasteiger partial charge in [-0.1, -0.05) is 18.2 Å². The predicted molar refractivity (Wildman–Crippen MR) is 134 cm³/mol. The van der Waals surface area contributed by atoms with Gasteiger partial charge in [-0.05, 0) is 74.4 Å². The number of aryl methyl sites for hydroxylation is 1. The zero-order valence-corrected chi connectivity index (χ0v) is 20.3. The fourth-order valence-electron chi connectivity index (χ4n) is 4.34. The summed E-state index contributed by atoms with van der Waals surface area (Å²) in [6.45, 7) is 7.31. The third kappa shape index (κ3) is 4.55. The Labute approximate surface area is 204 Å². The highest BCUT2D eigenvalue weighted by Crippen LogP contribution is 2.34. The minimum absolute atomic E-state index is 0.265. The summed E-state index contributed by atoms with van der Waals surface area (Å²) in [7, 11) is 1.67. The van der Waals surface area contributed by atoms with Crippen molar-refractivity contribution in [3.63, 3.8) is 0 Å². The van der Waals surface area contributed by atoms with E-state index in [1.54, 1.807) is 56.5 Å². The molecule has 7 nitrogen and oxygen atoms in total. The Balaban J connectivity index is 1.78. The standard InChI is InChI=1S/C28H28N2O5/c1-5-35-28(33)20-10-12-22(13-11-20)30-26(31)24-9-7-6-8-23(24)25(27(30)32)17-21-16-18(2)29(19(21)3)14-15-34-4/h6-13,16-17H,5,14-15H2,1-4H3/b25-17-. The summed E-state index contributed by atoms with van der Waals surface area (Å²) >= 11 is 0. The molecule has 7 heteroatoms. The summed E-state index contributed by atoms with van der Waals surface area (Å²) in [5.74, 6) is -1.28. The zero-order chi connectivity index (χ0) is 25.1. The van der Waals surface area contributed by atoms with Crippen molar-refractivity contribution in [3.05, 3.63) is 88.2 Å². The lowest BCUT2D eigenvalue weighted by molar-refractivity contribution is -0.112. The van der Waals surface area contributed by atoms with Crippen LogP contribution in [0.25, 0.3) is 11.6 Å². The van der Waals surface area contributed by atoms with Crippen LogP contribution < -0.4 is 4.90 Å². The molecule has 0 fully saturated rings. The number of esters is 1. The maximum absolute atomic E-state index is 13.7. The number of fused-ring (bicyclic) bond motifs is 1. The van der Waals surface area contributed by atoms with Crippen LogP contribution in [-0.4, -0.2) is 42.7 Å². The van der Waals surface area contributed by atoms with E-state index in [-0.39, 0.29) is 6.61 Å². The largest absolute Gasteiger partial charge is 0.462 e. The Morgan fingerprint density at radius 3 is 2.31 bits per heavy atom. The van der Waals surface area contributed by atoms with Crippen molar-refractivity contribution in [1.29, 1.82) is 0 Å². The Hall–Kier alpha value is -3.97. The molecule has 4 rings (SSSR count). The number of rotatable bonds is 7. The Kier molecular flexibility index (Phi) is 6.98. The topological polar surface area (TPSA) is 77.8 Å². The summed E-state index contributed by atoms with van der Waals surface area (Å²) in [4.78, 5) is 40.3. The second-order valence-electron chi connectivity index (χ2n) is 8.29. The molecule has 1 aromatic heterocycles. The smallest absolute Gasteiger partial charge is 0.338 e. The molecule has 0 bridgehead atoms. The van der Waals surface area contributed by atoms with Crippen molar-refractivity contribution in [3.8, 4) is 0 Å². The summed E-state index contributed by atoms with van der Waals surface area (Å²) in [5, 5.41) is 0. The van der Waals surface area contributed by atoms with Gasteiger partial charge in [0.05, 0.1) is 24.5 Å². The molecule has 0 atom stereocenters. The molecular formula is C28H28N2O5. The van der Waals surface area contributed by atoms with Crippen LogP contribution >= 0.6 is 0 Å². The van der Waals surface area contributed by atoms with Gasteiger partial charge < -0.3 is 14.0 Å². The normalized spacial score (nSPS) is 14.4. The highest BCUT2D eigenvalue weighted by Gasteiger charge is 2.36. The lowest BCUT2D eigenvalue weighted by Gasteiger charge is -2.28. The summed E-state index contributed by atoms with van der Waals surface area (Å²) in [6.07, 6.45) is 1.85. The molecule has 0 saturated heterocycles. The number of nitrogens with zero attached hydrogens (tertiary/aromatic N) is 2. The quantitative estimate of drug-likeness (QED) is 0.284. The highest BCUT2D eigenvalue weighted by atomic mass is 16.5. The second-order valence-corrected chi connectivity index (χ2v) is 8.29. The molecule has 0 spiro atoms. The number of carbonyl (C=O) groups excluding carboxylic acids is 3. The number of hydrogen-bond donors (Lipinski definition) is 0. The number of hydrogen-bond acceptors (Lipinski definition) is 5. The van der Waals surface area contributed by atoms with Gasteiger partial charge in [-0.15, -0.1) is 0 Å². The number of benzene rings is 2. The fraction of sp³-hybridized carbons (Fsp3) is 0.250. The first kappa shape index (κ1) is 24.2. The number of anilines is 1. The van der Waals surface area contributed by atoms with Gasteiger partial charge in [-0.3, -0.25) is 9.59 Å². The monoisotopic (exact) mass is 472 g/mol. The molecule has 1 aliphatic rings. The van der Waals surface area contributed by atoms with E-state index >= 15 is 0 Å². The van der Waals surface area contributed by atoms with E-state index < -0.39 is 17.8 Å². The molecule has 2 aromatic carbocycles. The van der Waals surface area contributed by atoms with Gasteiger partial charge in [0, 0.05) is 36.2 Å². The van der Waals surface area contributed by atoms with Gasteiger partial charge in [-0.25, -0.2) is 9.69 Å². The molecule has 2 heterocycles. The number of amides is 2. The van der Waals surface area contributed by atoms with Crippen LogP contribution in [0.15, 0.2) is 54.6 Å². The van der Waals surface area contributed by atoms with E-state index in [4.69, 9.17) is 9.47 Å². The summed E-state index contributed by atoms with van der Waals surface area (Å²) in [6, 6.07) is 15.4. The van der Waals surface area contributed by atoms with Crippen LogP contribution in [0.5, 0.6) is 0 Å². The number of ether oxygens (including phenoxy) is 2. The van der Waals surface area contributed by atoms with Crippen LogP contribution in [0.1, 0.15) is 50.2 Å². The van der Waals surface area contributed by atoms with Crippen molar-refractivity contribution in [1.82, 2.24) is 4.57 Å². The molecular weight excluding hydrogens is 444 g/mol. The second kappa shape index (κ2) is 10.1. The van der Waals surface area contributed by atoms with Gasteiger partial charge in [-0.2, -0.15) is 0 Å². The minimum atomic E-state index is -0.454. The van der Waals surface area contributed by atoms with E-state index in [0.717, 1.165) is 21.9 Å². The third-order valence-electron chi connectivity index (χ3n) is 6.15. The lowest BCUT2D eigenvalue weighted by atomic mass is 9.91. The van der Waals surface area contributed by atoms with E-state index in [0.29, 0.717) is 41.1 Å². The van der Waals surface area contributed by atoms with Gasteiger partial charge in [0.1, 0.15) is 0 Å². The molecule has 0 unspecified atom stereocenters. The molecule has 0 aliphatic carbocycles. The highest BCUT2D eigenvalue weighted by molar-refractivity contribution is 6.43. The fourth-order valence-corrected chi connectivity index (χ4v) is 4.34. The number of imide groups is 1. The Morgan fingerprint density at radius 1 is 0.971 bits per heavy atom. The molecule has 35 heavy (non-hydrogen) atoms. The Morgan fingerprint density at radius 2 is 1.66 bits per heavy atom. The predicted octanol–water partition coefficient (Wildman–Crippen LogP) is 4.66. The Bertz CT molecular complexity index is 1320. The van der Waals surface area contributed by atoms with Crippen LogP contribution in [-0.2, 0) is 20.8 Å². The molecule has 3 aromatic rings. The first-order chi connectivity index (χ1) is 16.9. The molecule has 1 aliphatic heterocycles. The average molecular weight is 473 g/mol. The van der Waals surface area contributed by atoms with Crippen LogP contribution in [0.3, 0.4) is 0 Å². The maximum Gasteiger partial charge on any atom is 0.338 e. The molecule has 180 valence electrons. The summed E-state index contributed by atoms with van der Waals surface area (Å²) in [5.41, 5.74) is 5.20. The van der Waals surface area contributed by atoms with Crippen molar-refractivity contribution in [2.75, 3.05) is 25.2 Å². The average Bonchev–Trinajstić information content (AvgIpc) is 3.13. The van der Waals surface area contributed by atoms with Crippen molar-refractivity contribution < 1.29 is 23.9 Å². The van der Waals surface area contributed by atoms with E-state index in [9.17, 15) is 14.4 Å². The SMILES string of the molecule is CCOC(=O)c1ccc(N2C(=O)/C(=C\c3cc(C)n(CCOC)c3C)c3ccccc3C2=O)cc1. The summed E-state index contributed by atoms with van der Waals surface area (Å²) < 4.78 is 12.4. The molecule has 0 N–H and O–H groups in total. The molecule has 0 saturated carbocycles. The molecule has 2 amide bonds. The number of aromatic nitrogens is 1. The zero-order valence-electron chi connectivity index (χ0n) is 20.3. The van der Waals surface area contributed by atoms with Crippen LogP contribution in [0, 0.1) is 13.8 Å². The first-order valence-corrected chi connectivity index (χ1v) is 11.5.